The molecule has 0 fully saturated rings. The fourth-order valence-corrected chi connectivity index (χ4v) is 1.59. The molecule has 6 heteroatoms. The number of phenols is 1. The average Bonchev–Trinajstić information content (AvgIpc) is 2.67. The van der Waals surface area contributed by atoms with Crippen molar-refractivity contribution in [3.05, 3.63) is 23.4 Å². The van der Waals surface area contributed by atoms with Crippen LogP contribution >= 0.6 is 11.6 Å². The smallest absolute Gasteiger partial charge is 0.230 e. The van der Waals surface area contributed by atoms with Crippen molar-refractivity contribution < 1.29 is 14.4 Å². The lowest BCUT2D eigenvalue weighted by Gasteiger charge is -2.08. The van der Waals surface area contributed by atoms with Gasteiger partial charge in [0, 0.05) is 16.7 Å². The van der Waals surface area contributed by atoms with Crippen LogP contribution in [0.2, 0.25) is 5.02 Å². The Labute approximate surface area is 96.4 Å². The van der Waals surface area contributed by atoms with Crippen molar-refractivity contribution in [1.82, 2.24) is 5.16 Å². The third-order valence-electron chi connectivity index (χ3n) is 2.15. The van der Waals surface area contributed by atoms with E-state index in [0.717, 1.165) is 0 Å². The number of benzene rings is 1. The Morgan fingerprint density at radius 2 is 2.19 bits per heavy atom. The largest absolute Gasteiger partial charge is 0.504 e. The van der Waals surface area contributed by atoms with E-state index in [1.807, 2.05) is 0 Å². The number of ether oxygens (including phenoxy) is 1. The Balaban J connectivity index is 2.65. The van der Waals surface area contributed by atoms with Crippen molar-refractivity contribution in [1.29, 1.82) is 0 Å². The normalized spacial score (nSPS) is 10.4. The number of methoxy groups -OCH3 is 1. The first-order chi connectivity index (χ1) is 7.63. The molecule has 3 N–H and O–H groups in total. The number of hydrogen-bond acceptors (Lipinski definition) is 5. The predicted molar refractivity (Wildman–Crippen MR) is 59.6 cm³/mol. The molecule has 5 nitrogen and oxygen atoms in total. The summed E-state index contributed by atoms with van der Waals surface area (Å²) < 4.78 is 9.70. The molecule has 2 rings (SSSR count). The van der Waals surface area contributed by atoms with Crippen molar-refractivity contribution in [2.24, 2.45) is 0 Å². The molecule has 0 spiro atoms. The molecule has 0 unspecified atom stereocenters. The monoisotopic (exact) mass is 240 g/mol. The second-order valence-corrected chi connectivity index (χ2v) is 3.54. The van der Waals surface area contributed by atoms with Crippen molar-refractivity contribution in [2.75, 3.05) is 12.8 Å². The highest BCUT2D eigenvalue weighted by Gasteiger charge is 2.16. The number of nitrogen functional groups attached to an aromatic ring is 1. The lowest BCUT2D eigenvalue weighted by Crippen LogP contribution is -1.89. The van der Waals surface area contributed by atoms with Gasteiger partial charge in [0.2, 0.25) is 5.88 Å². The van der Waals surface area contributed by atoms with Crippen LogP contribution in [0.4, 0.5) is 5.88 Å². The zero-order valence-corrected chi connectivity index (χ0v) is 9.15. The SMILES string of the molecule is COc1cc(Cl)cc(-c2cnoc2N)c1O. The molecule has 0 saturated heterocycles. The summed E-state index contributed by atoms with van der Waals surface area (Å²) in [6.07, 6.45) is 1.40. The van der Waals surface area contributed by atoms with Crippen molar-refractivity contribution in [3.8, 4) is 22.6 Å². The number of nitrogens with zero attached hydrogens (tertiary/aromatic N) is 1. The number of aromatic hydroxyl groups is 1. The summed E-state index contributed by atoms with van der Waals surface area (Å²) in [6, 6.07) is 3.06. The summed E-state index contributed by atoms with van der Waals surface area (Å²) in [4.78, 5) is 0. The molecule has 0 aliphatic heterocycles. The molecule has 1 aromatic carbocycles. The van der Waals surface area contributed by atoms with Gasteiger partial charge in [-0.1, -0.05) is 16.8 Å². The summed E-state index contributed by atoms with van der Waals surface area (Å²) in [5, 5.41) is 13.9. The third-order valence-corrected chi connectivity index (χ3v) is 2.37. The standard InChI is InChI=1S/C10H9ClN2O3/c1-15-8-3-5(11)2-6(9(8)14)7-4-13-16-10(7)12/h2-4,14H,12H2,1H3. The van der Waals surface area contributed by atoms with E-state index in [2.05, 4.69) is 5.16 Å². The van der Waals surface area contributed by atoms with E-state index >= 15 is 0 Å². The maximum atomic E-state index is 9.90. The molecule has 16 heavy (non-hydrogen) atoms. The molecular formula is C10H9ClN2O3. The lowest BCUT2D eigenvalue weighted by atomic mass is 10.1. The van der Waals surface area contributed by atoms with Crippen LogP contribution in [0.25, 0.3) is 11.1 Å². The minimum absolute atomic E-state index is 0.0539. The first-order valence-corrected chi connectivity index (χ1v) is 4.78. The summed E-state index contributed by atoms with van der Waals surface area (Å²) in [5.74, 6) is 0.324. The Morgan fingerprint density at radius 3 is 2.75 bits per heavy atom. The van der Waals surface area contributed by atoms with Crippen LogP contribution < -0.4 is 10.5 Å². The van der Waals surface area contributed by atoms with Crippen molar-refractivity contribution in [3.63, 3.8) is 0 Å². The molecule has 1 aromatic heterocycles. The van der Waals surface area contributed by atoms with Gasteiger partial charge in [-0.15, -0.1) is 0 Å². The van der Waals surface area contributed by atoms with Gasteiger partial charge in [-0.3, -0.25) is 0 Å². The predicted octanol–water partition coefficient (Wildman–Crippen LogP) is 2.29. The molecule has 0 amide bonds. The van der Waals surface area contributed by atoms with Crippen LogP contribution in [0.5, 0.6) is 11.5 Å². The highest BCUT2D eigenvalue weighted by molar-refractivity contribution is 6.31. The third kappa shape index (κ3) is 1.65. The summed E-state index contributed by atoms with van der Waals surface area (Å²) in [7, 11) is 1.44. The maximum Gasteiger partial charge on any atom is 0.230 e. The molecule has 0 radical (unpaired) electrons. The Kier molecular flexibility index (Phi) is 2.62. The van der Waals surface area contributed by atoms with Crippen LogP contribution in [-0.4, -0.2) is 17.4 Å². The summed E-state index contributed by atoms with van der Waals surface area (Å²) in [6.45, 7) is 0. The Hall–Kier alpha value is -1.88. The number of nitrogens with two attached hydrogens (primary N) is 1. The van der Waals surface area contributed by atoms with Crippen LogP contribution in [0.3, 0.4) is 0 Å². The van der Waals surface area contributed by atoms with E-state index in [1.165, 1.54) is 19.4 Å². The second kappa shape index (κ2) is 3.94. The zero-order valence-electron chi connectivity index (χ0n) is 8.40. The van der Waals surface area contributed by atoms with Crippen LogP contribution in [0, 0.1) is 0 Å². The highest BCUT2D eigenvalue weighted by atomic mass is 35.5. The van der Waals surface area contributed by atoms with Crippen LogP contribution in [-0.2, 0) is 0 Å². The topological polar surface area (TPSA) is 81.5 Å². The van der Waals surface area contributed by atoms with E-state index < -0.39 is 0 Å². The molecule has 0 aliphatic carbocycles. The van der Waals surface area contributed by atoms with Gasteiger partial charge in [0.25, 0.3) is 0 Å². The van der Waals surface area contributed by atoms with Crippen LogP contribution in [0.1, 0.15) is 0 Å². The van der Waals surface area contributed by atoms with Gasteiger partial charge in [0.1, 0.15) is 0 Å². The number of halogens is 1. The first-order valence-electron chi connectivity index (χ1n) is 4.40. The van der Waals surface area contributed by atoms with Crippen molar-refractivity contribution in [2.45, 2.75) is 0 Å². The van der Waals surface area contributed by atoms with Gasteiger partial charge < -0.3 is 20.1 Å². The first kappa shape index (κ1) is 10.6. The summed E-state index contributed by atoms with van der Waals surface area (Å²) in [5.41, 5.74) is 6.45. The number of aromatic nitrogens is 1. The minimum atomic E-state index is -0.0539. The quantitative estimate of drug-likeness (QED) is 0.842. The molecule has 0 atom stereocenters. The van der Waals surface area contributed by atoms with Gasteiger partial charge in [-0.05, 0) is 6.07 Å². The van der Waals surface area contributed by atoms with Gasteiger partial charge in [0.15, 0.2) is 11.5 Å². The van der Waals surface area contributed by atoms with E-state index in [9.17, 15) is 5.11 Å². The highest BCUT2D eigenvalue weighted by Crippen LogP contribution is 2.41. The Morgan fingerprint density at radius 1 is 1.44 bits per heavy atom. The van der Waals surface area contributed by atoms with E-state index in [-0.39, 0.29) is 17.4 Å². The number of rotatable bonds is 2. The summed E-state index contributed by atoms with van der Waals surface area (Å²) >= 11 is 5.89. The number of hydrogen-bond donors (Lipinski definition) is 2. The van der Waals surface area contributed by atoms with E-state index in [0.29, 0.717) is 16.1 Å². The molecule has 0 aliphatic rings. The second-order valence-electron chi connectivity index (χ2n) is 3.11. The van der Waals surface area contributed by atoms with Gasteiger partial charge in [-0.2, -0.15) is 0 Å². The van der Waals surface area contributed by atoms with Gasteiger partial charge in [-0.25, -0.2) is 0 Å². The number of phenolic OH excluding ortho intramolecular Hbond substituents is 1. The van der Waals surface area contributed by atoms with Crippen molar-refractivity contribution >= 4 is 17.5 Å². The maximum absolute atomic E-state index is 9.90. The average molecular weight is 241 g/mol. The number of anilines is 1. The zero-order chi connectivity index (χ0) is 11.7. The fraction of sp³-hybridized carbons (Fsp3) is 0.100. The van der Waals surface area contributed by atoms with E-state index in [1.54, 1.807) is 6.07 Å². The van der Waals surface area contributed by atoms with Gasteiger partial charge in [0.05, 0.1) is 18.9 Å². The molecule has 1 heterocycles. The molecule has 2 aromatic rings. The lowest BCUT2D eigenvalue weighted by molar-refractivity contribution is 0.374. The van der Waals surface area contributed by atoms with Gasteiger partial charge >= 0.3 is 0 Å². The Bertz CT molecular complexity index is 525. The fourth-order valence-electron chi connectivity index (χ4n) is 1.39. The van der Waals surface area contributed by atoms with Crippen LogP contribution in [0.15, 0.2) is 22.9 Å². The van der Waals surface area contributed by atoms with E-state index in [4.69, 9.17) is 26.6 Å². The molecular weight excluding hydrogens is 232 g/mol. The molecule has 0 saturated carbocycles. The minimum Gasteiger partial charge on any atom is -0.504 e. The molecule has 0 bridgehead atoms. The molecule has 84 valence electrons.